The van der Waals surface area contributed by atoms with E-state index in [9.17, 15) is 4.79 Å². The Balaban J connectivity index is 2.14. The third-order valence-electron chi connectivity index (χ3n) is 3.23. The Morgan fingerprint density at radius 3 is 2.76 bits per heavy atom. The van der Waals surface area contributed by atoms with Crippen LogP contribution in [0.25, 0.3) is 0 Å². The highest BCUT2D eigenvalue weighted by atomic mass is 16.5. The Labute approximate surface area is 101 Å². The molecule has 0 saturated heterocycles. The largest absolute Gasteiger partial charge is 0.466 e. The van der Waals surface area contributed by atoms with Gasteiger partial charge >= 0.3 is 5.97 Å². The minimum atomic E-state index is -0.223. The van der Waals surface area contributed by atoms with Gasteiger partial charge in [0.2, 0.25) is 0 Å². The zero-order chi connectivity index (χ0) is 12.3. The second-order valence-electron chi connectivity index (χ2n) is 4.45. The Kier molecular flexibility index (Phi) is 3.76. The quantitative estimate of drug-likeness (QED) is 0.749. The molecule has 1 aliphatic rings. The van der Waals surface area contributed by atoms with Crippen LogP contribution in [-0.4, -0.2) is 27.3 Å². The van der Waals surface area contributed by atoms with Gasteiger partial charge in [-0.1, -0.05) is 12.8 Å². The van der Waals surface area contributed by atoms with Crippen LogP contribution in [0.3, 0.4) is 0 Å². The first-order chi connectivity index (χ1) is 8.22. The molecular formula is C12H19N3O2. The predicted molar refractivity (Wildman–Crippen MR) is 62.6 cm³/mol. The van der Waals surface area contributed by atoms with Crippen molar-refractivity contribution in [3.05, 3.63) is 11.6 Å². The van der Waals surface area contributed by atoms with Gasteiger partial charge in [0.05, 0.1) is 6.61 Å². The molecule has 5 heteroatoms. The molecule has 0 bridgehead atoms. The molecule has 0 atom stereocenters. The van der Waals surface area contributed by atoms with Crippen molar-refractivity contribution >= 4 is 5.97 Å². The number of carbonyl (C=O) groups is 1. The third-order valence-corrected chi connectivity index (χ3v) is 3.23. The fraction of sp³-hybridized carbons (Fsp3) is 0.750. The van der Waals surface area contributed by atoms with E-state index < -0.39 is 0 Å². The summed E-state index contributed by atoms with van der Waals surface area (Å²) in [6, 6.07) is 0.467. The fourth-order valence-electron chi connectivity index (χ4n) is 2.51. The molecule has 2 rings (SSSR count). The summed E-state index contributed by atoms with van der Waals surface area (Å²) >= 11 is 0. The molecule has 1 aromatic rings. The SMILES string of the molecule is CCOC(=O)Cc1nnc(C)n1C1CCCC1. The van der Waals surface area contributed by atoms with Gasteiger partial charge in [-0.15, -0.1) is 10.2 Å². The zero-order valence-electron chi connectivity index (χ0n) is 10.5. The van der Waals surface area contributed by atoms with E-state index in [1.165, 1.54) is 12.8 Å². The molecule has 0 aliphatic heterocycles. The maximum Gasteiger partial charge on any atom is 0.313 e. The molecule has 1 heterocycles. The topological polar surface area (TPSA) is 57.0 Å². The van der Waals surface area contributed by atoms with Gasteiger partial charge in [-0.25, -0.2) is 0 Å². The van der Waals surface area contributed by atoms with E-state index in [-0.39, 0.29) is 12.4 Å². The summed E-state index contributed by atoms with van der Waals surface area (Å²) in [6.07, 6.45) is 5.05. The summed E-state index contributed by atoms with van der Waals surface area (Å²) in [6.45, 7) is 4.17. The van der Waals surface area contributed by atoms with E-state index in [1.807, 2.05) is 13.8 Å². The van der Waals surface area contributed by atoms with Crippen LogP contribution in [0.1, 0.15) is 50.3 Å². The summed E-state index contributed by atoms with van der Waals surface area (Å²) in [4.78, 5) is 11.5. The lowest BCUT2D eigenvalue weighted by atomic mass is 10.2. The molecule has 1 aliphatic carbocycles. The Hall–Kier alpha value is -1.39. The fourth-order valence-corrected chi connectivity index (χ4v) is 2.51. The van der Waals surface area contributed by atoms with E-state index in [1.54, 1.807) is 0 Å². The number of esters is 1. The number of ether oxygens (including phenoxy) is 1. The van der Waals surface area contributed by atoms with Crippen molar-refractivity contribution in [2.45, 2.75) is 52.0 Å². The van der Waals surface area contributed by atoms with Gasteiger partial charge < -0.3 is 9.30 Å². The van der Waals surface area contributed by atoms with Crippen LogP contribution in [0, 0.1) is 6.92 Å². The summed E-state index contributed by atoms with van der Waals surface area (Å²) in [7, 11) is 0. The Morgan fingerprint density at radius 1 is 1.41 bits per heavy atom. The highest BCUT2D eigenvalue weighted by molar-refractivity contribution is 5.71. The normalized spacial score (nSPS) is 16.4. The van der Waals surface area contributed by atoms with Gasteiger partial charge in [0.25, 0.3) is 0 Å². The van der Waals surface area contributed by atoms with Gasteiger partial charge in [-0.05, 0) is 26.7 Å². The predicted octanol–water partition coefficient (Wildman–Crippen LogP) is 1.81. The van der Waals surface area contributed by atoms with E-state index in [0.29, 0.717) is 12.6 Å². The first-order valence-electron chi connectivity index (χ1n) is 6.28. The second kappa shape index (κ2) is 5.29. The molecule has 1 fully saturated rings. The molecule has 17 heavy (non-hydrogen) atoms. The van der Waals surface area contributed by atoms with Crippen LogP contribution in [0.4, 0.5) is 0 Å². The number of hydrogen-bond donors (Lipinski definition) is 0. The molecular weight excluding hydrogens is 218 g/mol. The number of aromatic nitrogens is 3. The molecule has 0 radical (unpaired) electrons. The molecule has 5 nitrogen and oxygen atoms in total. The first-order valence-corrected chi connectivity index (χ1v) is 6.28. The smallest absolute Gasteiger partial charge is 0.313 e. The molecule has 0 amide bonds. The minimum absolute atomic E-state index is 0.223. The summed E-state index contributed by atoms with van der Waals surface area (Å²) in [5.74, 6) is 1.42. The minimum Gasteiger partial charge on any atom is -0.466 e. The standard InChI is InChI=1S/C12H19N3O2/c1-3-17-12(16)8-11-14-13-9(2)15(11)10-6-4-5-7-10/h10H,3-8H2,1-2H3. The number of nitrogens with zero attached hydrogens (tertiary/aromatic N) is 3. The van der Waals surface area contributed by atoms with E-state index in [2.05, 4.69) is 14.8 Å². The van der Waals surface area contributed by atoms with Gasteiger partial charge in [-0.3, -0.25) is 4.79 Å². The molecule has 1 aromatic heterocycles. The third kappa shape index (κ3) is 2.65. The first kappa shape index (κ1) is 12.1. The van der Waals surface area contributed by atoms with Gasteiger partial charge in [0.15, 0.2) is 0 Å². The van der Waals surface area contributed by atoms with Crippen LogP contribution in [0.5, 0.6) is 0 Å². The average molecular weight is 237 g/mol. The number of carbonyl (C=O) groups excluding carboxylic acids is 1. The lowest BCUT2D eigenvalue weighted by Gasteiger charge is -2.15. The summed E-state index contributed by atoms with van der Waals surface area (Å²) in [5.41, 5.74) is 0. The van der Waals surface area contributed by atoms with Crippen molar-refractivity contribution in [3.63, 3.8) is 0 Å². The molecule has 94 valence electrons. The van der Waals surface area contributed by atoms with Crippen LogP contribution < -0.4 is 0 Å². The van der Waals surface area contributed by atoms with E-state index in [0.717, 1.165) is 24.5 Å². The number of hydrogen-bond acceptors (Lipinski definition) is 4. The summed E-state index contributed by atoms with van der Waals surface area (Å²) < 4.78 is 7.07. The van der Waals surface area contributed by atoms with Gasteiger partial charge in [0.1, 0.15) is 18.1 Å². The average Bonchev–Trinajstić information content (AvgIpc) is 2.89. The van der Waals surface area contributed by atoms with Crippen molar-refractivity contribution in [1.82, 2.24) is 14.8 Å². The molecule has 0 aromatic carbocycles. The second-order valence-corrected chi connectivity index (χ2v) is 4.45. The summed E-state index contributed by atoms with van der Waals surface area (Å²) in [5, 5.41) is 8.17. The molecule has 0 spiro atoms. The van der Waals surface area contributed by atoms with Crippen molar-refractivity contribution in [2.24, 2.45) is 0 Å². The highest BCUT2D eigenvalue weighted by Gasteiger charge is 2.23. The zero-order valence-corrected chi connectivity index (χ0v) is 10.5. The van der Waals surface area contributed by atoms with Gasteiger partial charge in [-0.2, -0.15) is 0 Å². The molecule has 0 unspecified atom stereocenters. The van der Waals surface area contributed by atoms with Crippen LogP contribution in [0.2, 0.25) is 0 Å². The van der Waals surface area contributed by atoms with Crippen molar-refractivity contribution in [3.8, 4) is 0 Å². The maximum absolute atomic E-state index is 11.5. The molecule has 1 saturated carbocycles. The van der Waals surface area contributed by atoms with Crippen molar-refractivity contribution in [1.29, 1.82) is 0 Å². The van der Waals surface area contributed by atoms with Crippen LogP contribution >= 0.6 is 0 Å². The Morgan fingerprint density at radius 2 is 2.12 bits per heavy atom. The lowest BCUT2D eigenvalue weighted by molar-refractivity contribution is -0.142. The monoisotopic (exact) mass is 237 g/mol. The number of aryl methyl sites for hydroxylation is 1. The van der Waals surface area contributed by atoms with E-state index >= 15 is 0 Å². The number of rotatable bonds is 4. The maximum atomic E-state index is 11.5. The van der Waals surface area contributed by atoms with E-state index in [4.69, 9.17) is 4.74 Å². The highest BCUT2D eigenvalue weighted by Crippen LogP contribution is 2.31. The van der Waals surface area contributed by atoms with Crippen LogP contribution in [0.15, 0.2) is 0 Å². The van der Waals surface area contributed by atoms with Crippen molar-refractivity contribution in [2.75, 3.05) is 6.61 Å². The molecule has 0 N–H and O–H groups in total. The Bertz CT molecular complexity index is 394. The van der Waals surface area contributed by atoms with Crippen molar-refractivity contribution < 1.29 is 9.53 Å². The lowest BCUT2D eigenvalue weighted by Crippen LogP contribution is -2.16. The van der Waals surface area contributed by atoms with Gasteiger partial charge in [0, 0.05) is 6.04 Å². The van der Waals surface area contributed by atoms with Crippen LogP contribution in [-0.2, 0) is 16.0 Å².